The van der Waals surface area contributed by atoms with Gasteiger partial charge >= 0.3 is 17.9 Å². The molecule has 0 spiro atoms. The SMILES string of the molecule is CC(=O)O[C@@H]1[C@@H](OC(C)=O)[C@H](C)O[C@@H](S(=O)(=O)Cc2ccccc2)[C@@H]1OC(C)=O. The molecule has 0 unspecified atom stereocenters. The molecule has 2 rings (SSSR count). The van der Waals surface area contributed by atoms with Crippen LogP contribution in [0.2, 0.25) is 0 Å². The molecule has 0 radical (unpaired) electrons. The van der Waals surface area contributed by atoms with Gasteiger partial charge in [0.15, 0.2) is 33.6 Å². The van der Waals surface area contributed by atoms with Crippen LogP contribution in [0, 0.1) is 0 Å². The van der Waals surface area contributed by atoms with Gasteiger partial charge in [-0.3, -0.25) is 14.4 Å². The van der Waals surface area contributed by atoms with Crippen molar-refractivity contribution in [1.29, 1.82) is 0 Å². The minimum atomic E-state index is -4.02. The molecule has 0 amide bonds. The van der Waals surface area contributed by atoms with Crippen LogP contribution in [-0.4, -0.2) is 56.2 Å². The average molecular weight is 428 g/mol. The molecule has 0 saturated carbocycles. The van der Waals surface area contributed by atoms with Gasteiger partial charge in [0.1, 0.15) is 0 Å². The number of benzene rings is 1. The van der Waals surface area contributed by atoms with Crippen LogP contribution in [0.25, 0.3) is 0 Å². The van der Waals surface area contributed by atoms with Crippen LogP contribution in [0.4, 0.5) is 0 Å². The lowest BCUT2D eigenvalue weighted by atomic mass is 10.00. The highest BCUT2D eigenvalue weighted by molar-refractivity contribution is 7.91. The number of hydrogen-bond acceptors (Lipinski definition) is 9. The van der Waals surface area contributed by atoms with E-state index in [-0.39, 0.29) is 5.75 Å². The maximum Gasteiger partial charge on any atom is 0.303 e. The fourth-order valence-electron chi connectivity index (χ4n) is 3.15. The Morgan fingerprint density at radius 2 is 1.34 bits per heavy atom. The summed E-state index contributed by atoms with van der Waals surface area (Å²) in [5, 5.41) is 0. The van der Waals surface area contributed by atoms with E-state index in [2.05, 4.69) is 0 Å². The van der Waals surface area contributed by atoms with Crippen LogP contribution in [-0.2, 0) is 48.9 Å². The molecule has 5 atom stereocenters. The van der Waals surface area contributed by atoms with Gasteiger partial charge in [0.25, 0.3) is 0 Å². The number of sulfone groups is 1. The van der Waals surface area contributed by atoms with Crippen molar-refractivity contribution in [3.05, 3.63) is 35.9 Å². The molecule has 160 valence electrons. The van der Waals surface area contributed by atoms with Gasteiger partial charge in [-0.1, -0.05) is 30.3 Å². The molecule has 0 N–H and O–H groups in total. The third-order valence-electron chi connectivity index (χ3n) is 4.20. The van der Waals surface area contributed by atoms with Gasteiger partial charge < -0.3 is 18.9 Å². The van der Waals surface area contributed by atoms with Crippen molar-refractivity contribution < 1.29 is 41.7 Å². The number of hydrogen-bond donors (Lipinski definition) is 0. The summed E-state index contributed by atoms with van der Waals surface area (Å²) in [5.41, 5.74) is -1.10. The molecule has 1 aromatic carbocycles. The Kier molecular flexibility index (Phi) is 7.37. The quantitative estimate of drug-likeness (QED) is 0.485. The Hall–Kier alpha value is -2.46. The van der Waals surface area contributed by atoms with Crippen LogP contribution < -0.4 is 0 Å². The van der Waals surface area contributed by atoms with E-state index in [1.54, 1.807) is 30.3 Å². The predicted octanol–water partition coefficient (Wildman–Crippen LogP) is 1.14. The van der Waals surface area contributed by atoms with Crippen LogP contribution in [0.1, 0.15) is 33.3 Å². The highest BCUT2D eigenvalue weighted by Crippen LogP contribution is 2.32. The Balaban J connectivity index is 2.44. The van der Waals surface area contributed by atoms with Crippen LogP contribution in [0.15, 0.2) is 30.3 Å². The zero-order valence-electron chi connectivity index (χ0n) is 16.6. The summed E-state index contributed by atoms with van der Waals surface area (Å²) in [6, 6.07) is 8.40. The number of esters is 3. The molecule has 1 aliphatic heterocycles. The molecule has 0 aromatic heterocycles. The molecular weight excluding hydrogens is 404 g/mol. The van der Waals surface area contributed by atoms with E-state index in [0.717, 1.165) is 20.8 Å². The van der Waals surface area contributed by atoms with Gasteiger partial charge in [-0.2, -0.15) is 0 Å². The molecule has 9 nitrogen and oxygen atoms in total. The summed E-state index contributed by atoms with van der Waals surface area (Å²) < 4.78 is 47.4. The van der Waals surface area contributed by atoms with Gasteiger partial charge in [0.05, 0.1) is 11.9 Å². The maximum absolute atomic E-state index is 13.1. The van der Waals surface area contributed by atoms with Gasteiger partial charge in [-0.15, -0.1) is 0 Å². The van der Waals surface area contributed by atoms with Crippen molar-refractivity contribution in [2.24, 2.45) is 0 Å². The Labute approximate surface area is 169 Å². The first-order valence-corrected chi connectivity index (χ1v) is 10.7. The standard InChI is InChI=1S/C19H24O9S/c1-11-16(26-12(2)20)17(27-13(3)21)18(28-14(4)22)19(25-11)29(23,24)10-15-8-6-5-7-9-15/h5-9,11,16-19H,10H2,1-4H3/t11-,16-,17+,18+,19-/m0/s1. The molecule has 10 heteroatoms. The fourth-order valence-corrected chi connectivity index (χ4v) is 4.93. The normalized spacial score (nSPS) is 27.0. The molecule has 0 bridgehead atoms. The highest BCUT2D eigenvalue weighted by Gasteiger charge is 2.54. The first kappa shape index (κ1) is 22.8. The van der Waals surface area contributed by atoms with Crippen molar-refractivity contribution >= 4 is 27.7 Å². The third kappa shape index (κ3) is 6.01. The van der Waals surface area contributed by atoms with Gasteiger partial charge in [0, 0.05) is 20.8 Å². The Bertz CT molecular complexity index is 850. The van der Waals surface area contributed by atoms with E-state index in [1.807, 2.05) is 0 Å². The molecule has 1 heterocycles. The largest absolute Gasteiger partial charge is 0.456 e. The molecule has 29 heavy (non-hydrogen) atoms. The number of carbonyl (C=O) groups excluding carboxylic acids is 3. The van der Waals surface area contributed by atoms with Crippen LogP contribution in [0.3, 0.4) is 0 Å². The predicted molar refractivity (Wildman–Crippen MR) is 100 cm³/mol. The summed E-state index contributed by atoms with van der Waals surface area (Å²) in [7, 11) is -4.02. The molecule has 1 aromatic rings. The second-order valence-corrected chi connectivity index (χ2v) is 8.80. The smallest absolute Gasteiger partial charge is 0.303 e. The zero-order valence-corrected chi connectivity index (χ0v) is 17.4. The van der Waals surface area contributed by atoms with Crippen molar-refractivity contribution in [1.82, 2.24) is 0 Å². The average Bonchev–Trinajstić information content (AvgIpc) is 2.59. The second kappa shape index (κ2) is 9.36. The molecule has 1 saturated heterocycles. The Morgan fingerprint density at radius 1 is 0.862 bits per heavy atom. The molecule has 1 aliphatic rings. The van der Waals surface area contributed by atoms with Crippen molar-refractivity contribution in [3.8, 4) is 0 Å². The lowest BCUT2D eigenvalue weighted by Crippen LogP contribution is -2.62. The third-order valence-corrected chi connectivity index (χ3v) is 6.02. The van der Waals surface area contributed by atoms with E-state index in [0.29, 0.717) is 5.56 Å². The van der Waals surface area contributed by atoms with E-state index < -0.39 is 57.6 Å². The molecule has 1 fully saturated rings. The minimum Gasteiger partial charge on any atom is -0.456 e. The Morgan fingerprint density at radius 3 is 1.86 bits per heavy atom. The van der Waals surface area contributed by atoms with E-state index in [1.165, 1.54) is 6.92 Å². The topological polar surface area (TPSA) is 122 Å². The number of carbonyl (C=O) groups is 3. The van der Waals surface area contributed by atoms with Gasteiger partial charge in [-0.25, -0.2) is 8.42 Å². The molecule has 0 aliphatic carbocycles. The van der Waals surface area contributed by atoms with Gasteiger partial charge in [-0.05, 0) is 12.5 Å². The van der Waals surface area contributed by atoms with Crippen molar-refractivity contribution in [2.75, 3.05) is 0 Å². The summed E-state index contributed by atoms with van der Waals surface area (Å²) in [6.07, 6.45) is -4.94. The van der Waals surface area contributed by atoms with Crippen molar-refractivity contribution in [3.63, 3.8) is 0 Å². The maximum atomic E-state index is 13.1. The van der Waals surface area contributed by atoms with Gasteiger partial charge in [0.2, 0.25) is 0 Å². The van der Waals surface area contributed by atoms with E-state index in [9.17, 15) is 22.8 Å². The molecular formula is C19H24O9S. The monoisotopic (exact) mass is 428 g/mol. The zero-order chi connectivity index (χ0) is 21.8. The summed E-state index contributed by atoms with van der Waals surface area (Å²) in [6.45, 7) is 4.84. The fraction of sp³-hybridized carbons (Fsp3) is 0.526. The van der Waals surface area contributed by atoms with E-state index in [4.69, 9.17) is 18.9 Å². The van der Waals surface area contributed by atoms with Crippen LogP contribution in [0.5, 0.6) is 0 Å². The number of ether oxygens (including phenoxy) is 4. The van der Waals surface area contributed by atoms with Crippen molar-refractivity contribution in [2.45, 2.75) is 63.3 Å². The highest BCUT2D eigenvalue weighted by atomic mass is 32.2. The lowest BCUT2D eigenvalue weighted by Gasteiger charge is -2.43. The number of rotatable bonds is 6. The van der Waals surface area contributed by atoms with E-state index >= 15 is 0 Å². The summed E-state index contributed by atoms with van der Waals surface area (Å²) in [4.78, 5) is 34.8. The first-order chi connectivity index (χ1) is 13.5. The lowest BCUT2D eigenvalue weighted by molar-refractivity contribution is -0.230. The summed E-state index contributed by atoms with van der Waals surface area (Å²) >= 11 is 0. The minimum absolute atomic E-state index is 0.381. The van der Waals surface area contributed by atoms with Crippen LogP contribution >= 0.6 is 0 Å². The second-order valence-electron chi connectivity index (χ2n) is 6.72. The first-order valence-electron chi connectivity index (χ1n) is 8.94. The summed E-state index contributed by atoms with van der Waals surface area (Å²) in [5.74, 6) is -2.62.